The molecule has 4 aromatic rings. The number of nitrogens with zero attached hydrogens (tertiary/aromatic N) is 1. The second kappa shape index (κ2) is 6.87. The normalized spacial score (nSPS) is 11.4. The van der Waals surface area contributed by atoms with Crippen molar-refractivity contribution >= 4 is 41.2 Å². The SMILES string of the molecule is Sc1ocnc1[P+](c1ccccc1)(c1ccccc1)c1ccccc1. The maximum Gasteiger partial charge on any atom is 0.250 e. The molecule has 4 rings (SSSR count). The van der Waals surface area contributed by atoms with Crippen LogP contribution in [0.4, 0.5) is 0 Å². The number of hydrogen-bond donors (Lipinski definition) is 1. The zero-order chi connectivity index (χ0) is 17.1. The lowest BCUT2D eigenvalue weighted by molar-refractivity contribution is 0.474. The molecule has 2 nitrogen and oxygen atoms in total. The van der Waals surface area contributed by atoms with E-state index in [-0.39, 0.29) is 0 Å². The van der Waals surface area contributed by atoms with Crippen molar-refractivity contribution in [1.82, 2.24) is 4.98 Å². The molecule has 25 heavy (non-hydrogen) atoms. The molecule has 122 valence electrons. The number of thiol groups is 1. The summed E-state index contributed by atoms with van der Waals surface area (Å²) in [7, 11) is -2.18. The van der Waals surface area contributed by atoms with Crippen molar-refractivity contribution in [3.05, 3.63) is 97.4 Å². The largest absolute Gasteiger partial charge is 0.433 e. The van der Waals surface area contributed by atoms with Crippen molar-refractivity contribution in [2.45, 2.75) is 5.09 Å². The van der Waals surface area contributed by atoms with E-state index in [1.165, 1.54) is 22.3 Å². The van der Waals surface area contributed by atoms with Gasteiger partial charge in [0.05, 0.1) is 0 Å². The summed E-state index contributed by atoms with van der Waals surface area (Å²) in [5, 5.41) is 4.27. The molecular formula is C21H17NOPS+. The molecule has 1 aromatic heterocycles. The predicted molar refractivity (Wildman–Crippen MR) is 109 cm³/mol. The molecule has 0 bridgehead atoms. The molecule has 0 aliphatic heterocycles. The van der Waals surface area contributed by atoms with Crippen LogP contribution >= 0.6 is 19.9 Å². The van der Waals surface area contributed by atoms with Gasteiger partial charge in [-0.05, 0) is 36.4 Å². The maximum absolute atomic E-state index is 5.52. The van der Waals surface area contributed by atoms with E-state index >= 15 is 0 Å². The van der Waals surface area contributed by atoms with Crippen molar-refractivity contribution in [1.29, 1.82) is 0 Å². The topological polar surface area (TPSA) is 26.0 Å². The third-order valence-corrected chi connectivity index (χ3v) is 8.94. The molecule has 0 spiro atoms. The number of rotatable bonds is 4. The van der Waals surface area contributed by atoms with E-state index in [0.29, 0.717) is 5.09 Å². The molecule has 0 aliphatic carbocycles. The Kier molecular flexibility index (Phi) is 4.44. The van der Waals surface area contributed by atoms with Crippen molar-refractivity contribution in [2.24, 2.45) is 0 Å². The Morgan fingerprint density at radius 2 is 1.04 bits per heavy atom. The minimum atomic E-state index is -2.18. The average molecular weight is 362 g/mol. The summed E-state index contributed by atoms with van der Waals surface area (Å²) in [4.78, 5) is 4.62. The highest BCUT2D eigenvalue weighted by molar-refractivity contribution is 8.02. The van der Waals surface area contributed by atoms with Gasteiger partial charge in [0, 0.05) is 0 Å². The van der Waals surface area contributed by atoms with Crippen LogP contribution in [0.2, 0.25) is 0 Å². The van der Waals surface area contributed by atoms with Gasteiger partial charge in [-0.25, -0.2) is 0 Å². The Morgan fingerprint density at radius 1 is 0.640 bits per heavy atom. The second-order valence-corrected chi connectivity index (χ2v) is 9.38. The van der Waals surface area contributed by atoms with Crippen LogP contribution in [0.3, 0.4) is 0 Å². The number of benzene rings is 3. The molecule has 0 unspecified atom stereocenters. The van der Waals surface area contributed by atoms with Crippen LogP contribution < -0.4 is 21.3 Å². The molecule has 1 heterocycles. The first kappa shape index (κ1) is 16.1. The van der Waals surface area contributed by atoms with E-state index in [4.69, 9.17) is 4.42 Å². The standard InChI is InChI=1S/C21H16NOPS/c25-21-20(22-16-23-21)24(17-10-4-1-5-11-17,18-12-6-2-7-13-18)19-14-8-3-9-15-19/h1-16H/p+1. The molecular weight excluding hydrogens is 345 g/mol. The molecule has 0 aliphatic rings. The molecule has 3 aromatic carbocycles. The van der Waals surface area contributed by atoms with Crippen LogP contribution in [0.1, 0.15) is 0 Å². The summed E-state index contributed by atoms with van der Waals surface area (Å²) in [6, 6.07) is 31.6. The predicted octanol–water partition coefficient (Wildman–Crippen LogP) is 3.58. The lowest BCUT2D eigenvalue weighted by Gasteiger charge is -2.25. The summed E-state index contributed by atoms with van der Waals surface area (Å²) < 4.78 is 5.52. The molecule has 0 saturated carbocycles. The highest BCUT2D eigenvalue weighted by Gasteiger charge is 2.51. The minimum Gasteiger partial charge on any atom is -0.433 e. The van der Waals surface area contributed by atoms with Gasteiger partial charge < -0.3 is 4.42 Å². The second-order valence-electron chi connectivity index (χ2n) is 5.66. The third kappa shape index (κ3) is 2.70. The quantitative estimate of drug-likeness (QED) is 0.444. The molecule has 0 amide bonds. The number of aromatic nitrogens is 1. The molecule has 0 saturated heterocycles. The van der Waals surface area contributed by atoms with Crippen LogP contribution in [-0.2, 0) is 0 Å². The lowest BCUT2D eigenvalue weighted by atomic mass is 10.4. The first-order valence-electron chi connectivity index (χ1n) is 8.02. The van der Waals surface area contributed by atoms with E-state index in [9.17, 15) is 0 Å². The lowest BCUT2D eigenvalue weighted by Crippen LogP contribution is -2.39. The molecule has 0 N–H and O–H groups in total. The Hall–Kier alpha value is -2.35. The highest BCUT2D eigenvalue weighted by Crippen LogP contribution is 2.54. The van der Waals surface area contributed by atoms with Crippen LogP contribution in [-0.4, -0.2) is 4.98 Å². The minimum absolute atomic E-state index is 0.574. The van der Waals surface area contributed by atoms with Gasteiger partial charge in [0.1, 0.15) is 15.9 Å². The van der Waals surface area contributed by atoms with E-state index < -0.39 is 7.26 Å². The maximum atomic E-state index is 5.52. The van der Waals surface area contributed by atoms with Crippen molar-refractivity contribution in [3.63, 3.8) is 0 Å². The summed E-state index contributed by atoms with van der Waals surface area (Å²) in [5.41, 5.74) is 0.902. The van der Waals surface area contributed by atoms with E-state index in [1.54, 1.807) is 0 Å². The van der Waals surface area contributed by atoms with Gasteiger partial charge >= 0.3 is 0 Å². The van der Waals surface area contributed by atoms with Crippen LogP contribution in [0.15, 0.2) is 107 Å². The van der Waals surface area contributed by atoms with Gasteiger partial charge in [-0.2, -0.15) is 4.98 Å². The summed E-state index contributed by atoms with van der Waals surface area (Å²) >= 11 is 4.59. The Bertz CT molecular complexity index is 858. The van der Waals surface area contributed by atoms with Crippen molar-refractivity contribution in [2.75, 3.05) is 0 Å². The van der Waals surface area contributed by atoms with Crippen molar-refractivity contribution in [3.8, 4) is 0 Å². The first-order valence-corrected chi connectivity index (χ1v) is 10.3. The molecule has 0 radical (unpaired) electrons. The fourth-order valence-corrected chi connectivity index (χ4v) is 7.83. The fourth-order valence-electron chi connectivity index (χ4n) is 3.23. The summed E-state index contributed by atoms with van der Waals surface area (Å²) in [6.45, 7) is 0. The monoisotopic (exact) mass is 362 g/mol. The van der Waals surface area contributed by atoms with Gasteiger partial charge in [0.2, 0.25) is 10.5 Å². The average Bonchev–Trinajstić information content (AvgIpc) is 3.12. The number of oxazole rings is 1. The van der Waals surface area contributed by atoms with Gasteiger partial charge in [0.25, 0.3) is 0 Å². The van der Waals surface area contributed by atoms with Gasteiger partial charge in [0.15, 0.2) is 13.7 Å². The van der Waals surface area contributed by atoms with Gasteiger partial charge in [-0.3, -0.25) is 0 Å². The Morgan fingerprint density at radius 3 is 1.36 bits per heavy atom. The molecule has 0 fully saturated rings. The number of hydrogen-bond acceptors (Lipinski definition) is 3. The summed E-state index contributed by atoms with van der Waals surface area (Å²) in [5.74, 6) is 0. The van der Waals surface area contributed by atoms with Gasteiger partial charge in [-0.15, -0.1) is 0 Å². The van der Waals surface area contributed by atoms with E-state index in [2.05, 4.69) is 90.4 Å². The highest BCUT2D eigenvalue weighted by atomic mass is 32.1. The smallest absolute Gasteiger partial charge is 0.250 e. The third-order valence-electron chi connectivity index (χ3n) is 4.28. The van der Waals surface area contributed by atoms with Gasteiger partial charge in [-0.1, -0.05) is 67.2 Å². The fraction of sp³-hybridized carbons (Fsp3) is 0. The zero-order valence-corrected chi connectivity index (χ0v) is 15.3. The van der Waals surface area contributed by atoms with E-state index in [0.717, 1.165) is 5.44 Å². The Labute approximate surface area is 153 Å². The van der Waals surface area contributed by atoms with Crippen LogP contribution in [0.5, 0.6) is 0 Å². The van der Waals surface area contributed by atoms with E-state index in [1.807, 2.05) is 18.2 Å². The van der Waals surface area contributed by atoms with Crippen LogP contribution in [0, 0.1) is 0 Å². The first-order chi connectivity index (χ1) is 12.3. The molecule has 0 atom stereocenters. The Balaban J connectivity index is 2.15. The van der Waals surface area contributed by atoms with Crippen LogP contribution in [0.25, 0.3) is 0 Å². The molecule has 4 heteroatoms. The zero-order valence-electron chi connectivity index (χ0n) is 13.5. The summed E-state index contributed by atoms with van der Waals surface area (Å²) in [6.07, 6.45) is 1.49. The van der Waals surface area contributed by atoms with Crippen molar-refractivity contribution < 1.29 is 4.42 Å².